The Labute approximate surface area is 101 Å². The molecule has 2 nitrogen and oxygen atoms in total. The Morgan fingerprint density at radius 3 is 2.71 bits per heavy atom. The lowest BCUT2D eigenvalue weighted by atomic mass is 10.1. The highest BCUT2D eigenvalue weighted by molar-refractivity contribution is 5.49. The first-order valence-electron chi connectivity index (χ1n) is 5.60. The Balaban J connectivity index is 2.20. The molecular formula is C14H15FN2. The van der Waals surface area contributed by atoms with Gasteiger partial charge in [0.25, 0.3) is 0 Å². The molecule has 0 spiro atoms. The number of benzene rings is 1. The average molecular weight is 230 g/mol. The Kier molecular flexibility index (Phi) is 3.38. The van der Waals surface area contributed by atoms with E-state index in [0.29, 0.717) is 5.56 Å². The zero-order valence-corrected chi connectivity index (χ0v) is 9.94. The van der Waals surface area contributed by atoms with Crippen molar-refractivity contribution in [1.29, 1.82) is 0 Å². The lowest BCUT2D eigenvalue weighted by Gasteiger charge is -2.17. The molecule has 88 valence electrons. The van der Waals surface area contributed by atoms with Crippen LogP contribution in [0.4, 0.5) is 10.1 Å². The van der Waals surface area contributed by atoms with Crippen LogP contribution in [0.5, 0.6) is 0 Å². The maximum Gasteiger partial charge on any atom is 0.128 e. The van der Waals surface area contributed by atoms with E-state index in [1.165, 1.54) is 6.07 Å². The fraction of sp³-hybridized carbons (Fsp3) is 0.214. The summed E-state index contributed by atoms with van der Waals surface area (Å²) < 4.78 is 13.6. The summed E-state index contributed by atoms with van der Waals surface area (Å²) in [5.41, 5.74) is 2.70. The Hall–Kier alpha value is -1.90. The molecule has 0 saturated carbocycles. The fourth-order valence-corrected chi connectivity index (χ4v) is 1.75. The largest absolute Gasteiger partial charge is 0.377 e. The summed E-state index contributed by atoms with van der Waals surface area (Å²) in [6.07, 6.45) is 3.50. The molecule has 3 heteroatoms. The van der Waals surface area contributed by atoms with Crippen molar-refractivity contribution >= 4 is 5.69 Å². The van der Waals surface area contributed by atoms with Crippen molar-refractivity contribution in [2.75, 3.05) is 5.32 Å². The number of anilines is 1. The molecule has 1 aromatic heterocycles. The van der Waals surface area contributed by atoms with Crippen LogP contribution in [-0.2, 0) is 0 Å². The summed E-state index contributed by atoms with van der Waals surface area (Å²) in [4.78, 5) is 4.06. The van der Waals surface area contributed by atoms with E-state index in [0.717, 1.165) is 11.3 Å². The highest BCUT2D eigenvalue weighted by Gasteiger charge is 2.10. The maximum atomic E-state index is 13.6. The standard InChI is InChI=1S/C14H15FN2/c1-10-7-8-16-9-14(10)17-11(2)12-5-3-4-6-13(12)15/h3-9,11,17H,1-2H3. The molecule has 0 radical (unpaired) electrons. The van der Waals surface area contributed by atoms with Gasteiger partial charge in [-0.05, 0) is 31.5 Å². The molecule has 0 bridgehead atoms. The van der Waals surface area contributed by atoms with E-state index in [-0.39, 0.29) is 11.9 Å². The highest BCUT2D eigenvalue weighted by atomic mass is 19.1. The molecule has 0 aliphatic carbocycles. The molecule has 1 aromatic carbocycles. The molecule has 17 heavy (non-hydrogen) atoms. The van der Waals surface area contributed by atoms with Gasteiger partial charge in [-0.25, -0.2) is 4.39 Å². The van der Waals surface area contributed by atoms with Crippen LogP contribution >= 0.6 is 0 Å². The molecule has 1 heterocycles. The van der Waals surface area contributed by atoms with Crippen molar-refractivity contribution < 1.29 is 4.39 Å². The number of hydrogen-bond acceptors (Lipinski definition) is 2. The lowest BCUT2D eigenvalue weighted by molar-refractivity contribution is 0.600. The summed E-state index contributed by atoms with van der Waals surface area (Å²) in [5.74, 6) is -0.186. The maximum absolute atomic E-state index is 13.6. The summed E-state index contributed by atoms with van der Waals surface area (Å²) in [6.45, 7) is 3.93. The van der Waals surface area contributed by atoms with Gasteiger partial charge in [0, 0.05) is 11.8 Å². The number of rotatable bonds is 3. The van der Waals surface area contributed by atoms with Gasteiger partial charge in [0.2, 0.25) is 0 Å². The second-order valence-corrected chi connectivity index (χ2v) is 4.08. The monoisotopic (exact) mass is 230 g/mol. The van der Waals surface area contributed by atoms with Crippen LogP contribution in [0.15, 0.2) is 42.7 Å². The smallest absolute Gasteiger partial charge is 0.128 e. The van der Waals surface area contributed by atoms with Gasteiger partial charge >= 0.3 is 0 Å². The van der Waals surface area contributed by atoms with Crippen molar-refractivity contribution in [1.82, 2.24) is 4.98 Å². The first kappa shape index (κ1) is 11.6. The molecule has 0 aliphatic heterocycles. The van der Waals surface area contributed by atoms with Crippen molar-refractivity contribution in [3.05, 3.63) is 59.7 Å². The van der Waals surface area contributed by atoms with E-state index in [4.69, 9.17) is 0 Å². The molecule has 0 aliphatic rings. The van der Waals surface area contributed by atoms with E-state index >= 15 is 0 Å². The van der Waals surface area contributed by atoms with Crippen molar-refractivity contribution in [2.45, 2.75) is 19.9 Å². The van der Waals surface area contributed by atoms with Crippen LogP contribution in [0.25, 0.3) is 0 Å². The predicted molar refractivity (Wildman–Crippen MR) is 67.4 cm³/mol. The molecular weight excluding hydrogens is 215 g/mol. The Bertz CT molecular complexity index is 511. The second-order valence-electron chi connectivity index (χ2n) is 4.08. The number of halogens is 1. The third-order valence-electron chi connectivity index (χ3n) is 2.78. The Morgan fingerprint density at radius 2 is 2.00 bits per heavy atom. The molecule has 0 saturated heterocycles. The van der Waals surface area contributed by atoms with Gasteiger partial charge < -0.3 is 5.32 Å². The zero-order chi connectivity index (χ0) is 12.3. The van der Waals surface area contributed by atoms with Crippen LogP contribution in [0.3, 0.4) is 0 Å². The molecule has 2 rings (SSSR count). The van der Waals surface area contributed by atoms with Gasteiger partial charge in [0.05, 0.1) is 17.9 Å². The van der Waals surface area contributed by atoms with Crippen LogP contribution in [0, 0.1) is 12.7 Å². The minimum absolute atomic E-state index is 0.0842. The average Bonchev–Trinajstić information content (AvgIpc) is 2.32. The summed E-state index contributed by atoms with van der Waals surface area (Å²) >= 11 is 0. The van der Waals surface area contributed by atoms with Crippen LogP contribution in [0.2, 0.25) is 0 Å². The van der Waals surface area contributed by atoms with E-state index in [9.17, 15) is 4.39 Å². The quantitative estimate of drug-likeness (QED) is 0.869. The summed E-state index contributed by atoms with van der Waals surface area (Å²) in [7, 11) is 0. The highest BCUT2D eigenvalue weighted by Crippen LogP contribution is 2.22. The van der Waals surface area contributed by atoms with Gasteiger partial charge in [-0.1, -0.05) is 18.2 Å². The van der Waals surface area contributed by atoms with Crippen molar-refractivity contribution in [3.8, 4) is 0 Å². The molecule has 1 unspecified atom stereocenters. The predicted octanol–water partition coefficient (Wildman–Crippen LogP) is 3.70. The van der Waals surface area contributed by atoms with E-state index < -0.39 is 0 Å². The normalized spacial score (nSPS) is 12.2. The van der Waals surface area contributed by atoms with Gasteiger partial charge in [-0.2, -0.15) is 0 Å². The molecule has 0 fully saturated rings. The minimum Gasteiger partial charge on any atom is -0.377 e. The number of nitrogens with zero attached hydrogens (tertiary/aromatic N) is 1. The number of aromatic nitrogens is 1. The Morgan fingerprint density at radius 1 is 1.24 bits per heavy atom. The van der Waals surface area contributed by atoms with E-state index in [2.05, 4.69) is 10.3 Å². The molecule has 0 amide bonds. The van der Waals surface area contributed by atoms with Crippen LogP contribution < -0.4 is 5.32 Å². The summed E-state index contributed by atoms with van der Waals surface area (Å²) in [5, 5.41) is 3.26. The number of aryl methyl sites for hydroxylation is 1. The zero-order valence-electron chi connectivity index (χ0n) is 9.94. The first-order valence-corrected chi connectivity index (χ1v) is 5.60. The first-order chi connectivity index (χ1) is 8.18. The second kappa shape index (κ2) is 4.95. The van der Waals surface area contributed by atoms with Crippen molar-refractivity contribution in [2.24, 2.45) is 0 Å². The summed E-state index contributed by atoms with van der Waals surface area (Å²) in [6, 6.07) is 8.64. The third kappa shape index (κ3) is 2.61. The van der Waals surface area contributed by atoms with E-state index in [1.807, 2.05) is 26.0 Å². The van der Waals surface area contributed by atoms with Gasteiger partial charge in [-0.15, -0.1) is 0 Å². The number of pyridine rings is 1. The third-order valence-corrected chi connectivity index (χ3v) is 2.78. The number of hydrogen-bond donors (Lipinski definition) is 1. The lowest BCUT2D eigenvalue weighted by Crippen LogP contribution is -2.09. The van der Waals surface area contributed by atoms with Gasteiger partial charge in [0.15, 0.2) is 0 Å². The van der Waals surface area contributed by atoms with Crippen molar-refractivity contribution in [3.63, 3.8) is 0 Å². The van der Waals surface area contributed by atoms with Gasteiger partial charge in [0.1, 0.15) is 5.82 Å². The topological polar surface area (TPSA) is 24.9 Å². The van der Waals surface area contributed by atoms with Crippen LogP contribution in [-0.4, -0.2) is 4.98 Å². The fourth-order valence-electron chi connectivity index (χ4n) is 1.75. The SMILES string of the molecule is Cc1ccncc1NC(C)c1ccccc1F. The molecule has 1 N–H and O–H groups in total. The van der Waals surface area contributed by atoms with Crippen LogP contribution in [0.1, 0.15) is 24.1 Å². The minimum atomic E-state index is -0.186. The van der Waals surface area contributed by atoms with Gasteiger partial charge in [-0.3, -0.25) is 4.98 Å². The molecule has 2 aromatic rings. The van der Waals surface area contributed by atoms with E-state index in [1.54, 1.807) is 24.5 Å². The molecule has 1 atom stereocenters. The number of nitrogens with one attached hydrogen (secondary N) is 1.